The summed E-state index contributed by atoms with van der Waals surface area (Å²) >= 11 is 0. The van der Waals surface area contributed by atoms with E-state index in [0.717, 1.165) is 28.9 Å². The number of benzene rings is 2. The molecule has 124 valence electrons. The number of ether oxygens (including phenoxy) is 1. The monoisotopic (exact) mass is 324 g/mol. The molecule has 1 unspecified atom stereocenters. The highest BCUT2D eigenvalue weighted by Gasteiger charge is 2.24. The molecule has 0 saturated heterocycles. The number of nitrogens with zero attached hydrogens (tertiary/aromatic N) is 1. The van der Waals surface area contributed by atoms with Gasteiger partial charge in [-0.1, -0.05) is 48.5 Å². The van der Waals surface area contributed by atoms with Crippen LogP contribution < -0.4 is 10.5 Å². The number of primary amides is 1. The van der Waals surface area contributed by atoms with E-state index in [2.05, 4.69) is 0 Å². The summed E-state index contributed by atoms with van der Waals surface area (Å²) in [5.41, 5.74) is 8.32. The Labute approximate surface area is 140 Å². The summed E-state index contributed by atoms with van der Waals surface area (Å²) in [7, 11) is 0. The van der Waals surface area contributed by atoms with Gasteiger partial charge in [0.2, 0.25) is 0 Å². The van der Waals surface area contributed by atoms with Crippen LogP contribution in [-0.2, 0) is 6.61 Å². The Morgan fingerprint density at radius 2 is 2.00 bits per heavy atom. The van der Waals surface area contributed by atoms with Gasteiger partial charge in [-0.3, -0.25) is 5.21 Å². The molecule has 3 rings (SSSR count). The number of hydroxylamine groups is 2. The zero-order chi connectivity index (χ0) is 16.9. The van der Waals surface area contributed by atoms with Crippen molar-refractivity contribution in [3.63, 3.8) is 0 Å². The minimum Gasteiger partial charge on any atom is -0.489 e. The molecule has 0 bridgehead atoms. The Bertz CT molecular complexity index is 743. The second-order valence-corrected chi connectivity index (χ2v) is 5.78. The van der Waals surface area contributed by atoms with E-state index in [0.29, 0.717) is 18.1 Å². The normalized spacial score (nSPS) is 16.5. The van der Waals surface area contributed by atoms with Crippen LogP contribution in [0.1, 0.15) is 24.0 Å². The van der Waals surface area contributed by atoms with Crippen molar-refractivity contribution >= 4 is 11.6 Å². The second-order valence-electron chi connectivity index (χ2n) is 5.78. The molecule has 1 aliphatic rings. The number of amides is 2. The van der Waals surface area contributed by atoms with Crippen molar-refractivity contribution in [1.82, 2.24) is 5.06 Å². The van der Waals surface area contributed by atoms with Gasteiger partial charge in [0, 0.05) is 0 Å². The zero-order valence-electron chi connectivity index (χ0n) is 13.3. The van der Waals surface area contributed by atoms with E-state index < -0.39 is 6.03 Å². The molecular weight excluding hydrogens is 304 g/mol. The van der Waals surface area contributed by atoms with Crippen molar-refractivity contribution in [2.45, 2.75) is 25.5 Å². The van der Waals surface area contributed by atoms with Gasteiger partial charge in [0.15, 0.2) is 0 Å². The van der Waals surface area contributed by atoms with Gasteiger partial charge in [0.25, 0.3) is 0 Å². The van der Waals surface area contributed by atoms with E-state index in [1.807, 2.05) is 60.7 Å². The van der Waals surface area contributed by atoms with E-state index in [4.69, 9.17) is 10.5 Å². The third kappa shape index (κ3) is 3.75. The summed E-state index contributed by atoms with van der Waals surface area (Å²) in [5.74, 6) is 0.788. The smallest absolute Gasteiger partial charge is 0.339 e. The molecule has 1 atom stereocenters. The van der Waals surface area contributed by atoms with Gasteiger partial charge >= 0.3 is 6.03 Å². The summed E-state index contributed by atoms with van der Waals surface area (Å²) in [5, 5.41) is 10.2. The predicted molar refractivity (Wildman–Crippen MR) is 91.4 cm³/mol. The largest absolute Gasteiger partial charge is 0.489 e. The van der Waals surface area contributed by atoms with E-state index in [9.17, 15) is 10.0 Å². The highest BCUT2D eigenvalue weighted by Crippen LogP contribution is 2.31. The molecule has 0 saturated carbocycles. The third-order valence-corrected chi connectivity index (χ3v) is 4.10. The molecule has 0 aromatic heterocycles. The molecule has 0 radical (unpaired) electrons. The Hall–Kier alpha value is -2.79. The molecule has 5 heteroatoms. The zero-order valence-corrected chi connectivity index (χ0v) is 13.3. The van der Waals surface area contributed by atoms with Gasteiger partial charge in [-0.15, -0.1) is 0 Å². The lowest BCUT2D eigenvalue weighted by Gasteiger charge is -2.17. The lowest BCUT2D eigenvalue weighted by Crippen LogP contribution is -2.39. The third-order valence-electron chi connectivity index (χ3n) is 4.10. The maximum absolute atomic E-state index is 11.1. The topological polar surface area (TPSA) is 75.8 Å². The van der Waals surface area contributed by atoms with Crippen LogP contribution >= 0.6 is 0 Å². The number of hydrogen-bond donors (Lipinski definition) is 2. The Kier molecular flexibility index (Phi) is 4.82. The van der Waals surface area contributed by atoms with Crippen LogP contribution in [0.25, 0.3) is 5.57 Å². The molecule has 2 aromatic rings. The summed E-state index contributed by atoms with van der Waals surface area (Å²) in [4.78, 5) is 11.1. The van der Waals surface area contributed by atoms with Gasteiger partial charge < -0.3 is 10.5 Å². The molecule has 24 heavy (non-hydrogen) atoms. The first-order chi connectivity index (χ1) is 11.6. The van der Waals surface area contributed by atoms with Crippen LogP contribution in [0.3, 0.4) is 0 Å². The molecule has 0 aliphatic heterocycles. The molecular formula is C19H20N2O3. The van der Waals surface area contributed by atoms with Crippen LogP contribution in [-0.4, -0.2) is 22.3 Å². The number of carbonyl (C=O) groups is 1. The molecule has 1 aliphatic carbocycles. The summed E-state index contributed by atoms with van der Waals surface area (Å²) in [6, 6.07) is 16.6. The standard InChI is InChI=1S/C19H20N2O3/c20-19(22)21(23)17-10-9-16(11-17)15-7-4-8-18(12-15)24-13-14-5-2-1-3-6-14/h1-8,11-12,17,23H,9-10,13H2,(H2,20,22). The molecule has 0 fully saturated rings. The first-order valence-electron chi connectivity index (χ1n) is 7.89. The number of carbonyl (C=O) groups excluding carboxylic acids is 1. The van der Waals surface area contributed by atoms with E-state index in [1.54, 1.807) is 0 Å². The summed E-state index contributed by atoms with van der Waals surface area (Å²) in [6.07, 6.45) is 3.31. The number of rotatable bonds is 5. The molecule has 2 aromatic carbocycles. The van der Waals surface area contributed by atoms with E-state index in [1.165, 1.54) is 0 Å². The van der Waals surface area contributed by atoms with Gasteiger partial charge in [-0.2, -0.15) is 5.06 Å². The van der Waals surface area contributed by atoms with Gasteiger partial charge in [-0.05, 0) is 41.7 Å². The van der Waals surface area contributed by atoms with E-state index in [-0.39, 0.29) is 6.04 Å². The lowest BCUT2D eigenvalue weighted by molar-refractivity contribution is -0.0608. The minimum absolute atomic E-state index is 0.369. The molecule has 3 N–H and O–H groups in total. The summed E-state index contributed by atoms with van der Waals surface area (Å²) in [6.45, 7) is 0.512. The number of allylic oxidation sites excluding steroid dienone is 1. The van der Waals surface area contributed by atoms with E-state index >= 15 is 0 Å². The first kappa shape index (κ1) is 16.1. The van der Waals surface area contributed by atoms with Crippen LogP contribution in [0.15, 0.2) is 60.7 Å². The van der Waals surface area contributed by atoms with Crippen LogP contribution in [0, 0.1) is 0 Å². The van der Waals surface area contributed by atoms with Crippen LogP contribution in [0.5, 0.6) is 5.75 Å². The average Bonchev–Trinajstić information content (AvgIpc) is 3.10. The Balaban J connectivity index is 1.69. The Morgan fingerprint density at radius 1 is 1.21 bits per heavy atom. The van der Waals surface area contributed by atoms with Crippen molar-refractivity contribution in [2.75, 3.05) is 0 Å². The maximum Gasteiger partial charge on any atom is 0.339 e. The average molecular weight is 324 g/mol. The first-order valence-corrected chi connectivity index (χ1v) is 7.89. The fraction of sp³-hybridized carbons (Fsp3) is 0.211. The molecule has 5 nitrogen and oxygen atoms in total. The van der Waals surface area contributed by atoms with Gasteiger partial charge in [0.1, 0.15) is 12.4 Å². The SMILES string of the molecule is NC(=O)N(O)C1C=C(c2cccc(OCc3ccccc3)c2)CC1. The Morgan fingerprint density at radius 3 is 2.75 bits per heavy atom. The number of hydrogen-bond acceptors (Lipinski definition) is 3. The fourth-order valence-electron chi connectivity index (χ4n) is 2.83. The maximum atomic E-state index is 11.1. The molecule has 0 heterocycles. The number of nitrogens with two attached hydrogens (primary N) is 1. The van der Waals surface area contributed by atoms with Crippen LogP contribution in [0.4, 0.5) is 4.79 Å². The lowest BCUT2D eigenvalue weighted by atomic mass is 10.1. The van der Waals surface area contributed by atoms with Crippen LogP contribution in [0.2, 0.25) is 0 Å². The molecule has 2 amide bonds. The van der Waals surface area contributed by atoms with Gasteiger partial charge in [0.05, 0.1) is 6.04 Å². The van der Waals surface area contributed by atoms with Crippen molar-refractivity contribution in [2.24, 2.45) is 5.73 Å². The molecule has 0 spiro atoms. The minimum atomic E-state index is -0.836. The highest BCUT2D eigenvalue weighted by molar-refractivity contribution is 5.74. The quantitative estimate of drug-likeness (QED) is 0.652. The fourth-order valence-corrected chi connectivity index (χ4v) is 2.83. The second kappa shape index (κ2) is 7.19. The van der Waals surface area contributed by atoms with Gasteiger partial charge in [-0.25, -0.2) is 4.79 Å². The highest BCUT2D eigenvalue weighted by atomic mass is 16.5. The predicted octanol–water partition coefficient (Wildman–Crippen LogP) is 3.58. The van der Waals surface area contributed by atoms with Crippen molar-refractivity contribution < 1.29 is 14.7 Å². The number of urea groups is 1. The van der Waals surface area contributed by atoms with Crippen molar-refractivity contribution in [3.8, 4) is 5.75 Å². The van der Waals surface area contributed by atoms with Crippen molar-refractivity contribution in [1.29, 1.82) is 0 Å². The van der Waals surface area contributed by atoms with Crippen molar-refractivity contribution in [3.05, 3.63) is 71.8 Å². The summed E-state index contributed by atoms with van der Waals surface area (Å²) < 4.78 is 5.84.